The first-order valence-corrected chi connectivity index (χ1v) is 9.74. The summed E-state index contributed by atoms with van der Waals surface area (Å²) in [7, 11) is 2.14. The summed E-state index contributed by atoms with van der Waals surface area (Å²) in [6.45, 7) is 6.10. The molecule has 148 valence electrons. The molecule has 2 N–H and O–H groups in total. The van der Waals surface area contributed by atoms with Crippen LogP contribution in [0.4, 0.5) is 11.4 Å². The number of nitrogens with zero attached hydrogens (tertiary/aromatic N) is 2. The van der Waals surface area contributed by atoms with E-state index in [0.717, 1.165) is 37.4 Å². The van der Waals surface area contributed by atoms with Crippen LogP contribution in [-0.4, -0.2) is 55.8 Å². The van der Waals surface area contributed by atoms with Crippen molar-refractivity contribution in [3.63, 3.8) is 0 Å². The highest BCUT2D eigenvalue weighted by atomic mass is 32.1. The second-order valence-electron chi connectivity index (χ2n) is 6.94. The molecule has 7 heteroatoms. The minimum atomic E-state index is -0.299. The van der Waals surface area contributed by atoms with E-state index < -0.39 is 0 Å². The molecule has 0 atom stereocenters. The molecule has 1 heterocycles. The quantitative estimate of drug-likeness (QED) is 0.756. The largest absolute Gasteiger partial charge is 0.484 e. The zero-order chi connectivity index (χ0) is 19.9. The highest BCUT2D eigenvalue weighted by Crippen LogP contribution is 2.19. The van der Waals surface area contributed by atoms with Crippen LogP contribution < -0.4 is 20.3 Å². The van der Waals surface area contributed by atoms with Gasteiger partial charge in [0.15, 0.2) is 11.7 Å². The van der Waals surface area contributed by atoms with E-state index >= 15 is 0 Å². The minimum Gasteiger partial charge on any atom is -0.484 e. The van der Waals surface area contributed by atoms with Crippen molar-refractivity contribution in [3.8, 4) is 5.75 Å². The SMILES string of the molecule is Cc1ccc(OCC(=O)NC(=S)Nc2ccc(N3CCN(C)CC3)cc2)cc1. The number of carbonyl (C=O) groups excluding carboxylic acids is 1. The van der Waals surface area contributed by atoms with Gasteiger partial charge >= 0.3 is 0 Å². The molecule has 0 aromatic heterocycles. The average molecular weight is 399 g/mol. The second-order valence-corrected chi connectivity index (χ2v) is 7.35. The van der Waals surface area contributed by atoms with Crippen molar-refractivity contribution in [2.24, 2.45) is 0 Å². The van der Waals surface area contributed by atoms with Gasteiger partial charge in [0.05, 0.1) is 0 Å². The van der Waals surface area contributed by atoms with Gasteiger partial charge in [-0.15, -0.1) is 0 Å². The molecule has 0 aliphatic carbocycles. The van der Waals surface area contributed by atoms with Gasteiger partial charge < -0.3 is 19.9 Å². The summed E-state index contributed by atoms with van der Waals surface area (Å²) in [5, 5.41) is 5.92. The third-order valence-electron chi connectivity index (χ3n) is 4.64. The predicted molar refractivity (Wildman–Crippen MR) is 117 cm³/mol. The maximum Gasteiger partial charge on any atom is 0.264 e. The fourth-order valence-electron chi connectivity index (χ4n) is 2.93. The van der Waals surface area contributed by atoms with Crippen LogP contribution in [0.5, 0.6) is 5.75 Å². The van der Waals surface area contributed by atoms with Crippen LogP contribution in [-0.2, 0) is 4.79 Å². The smallest absolute Gasteiger partial charge is 0.264 e. The molecule has 1 fully saturated rings. The van der Waals surface area contributed by atoms with Gasteiger partial charge in [0, 0.05) is 37.6 Å². The number of rotatable bonds is 5. The highest BCUT2D eigenvalue weighted by molar-refractivity contribution is 7.80. The number of hydrogen-bond acceptors (Lipinski definition) is 5. The van der Waals surface area contributed by atoms with Crippen LogP contribution in [0.3, 0.4) is 0 Å². The van der Waals surface area contributed by atoms with Crippen LogP contribution in [0.15, 0.2) is 48.5 Å². The molecular formula is C21H26N4O2S. The van der Waals surface area contributed by atoms with Crippen LogP contribution in [0.1, 0.15) is 5.56 Å². The normalized spacial score (nSPS) is 14.4. The summed E-state index contributed by atoms with van der Waals surface area (Å²) in [5.74, 6) is 0.353. The molecule has 1 aliphatic heterocycles. The number of anilines is 2. The first kappa shape index (κ1) is 20.1. The molecule has 2 aromatic rings. The van der Waals surface area contributed by atoms with Crippen molar-refractivity contribution in [2.75, 3.05) is 50.1 Å². The number of carbonyl (C=O) groups is 1. The Hall–Kier alpha value is -2.64. The molecule has 0 unspecified atom stereocenters. The van der Waals surface area contributed by atoms with Gasteiger partial charge in [0.2, 0.25) is 0 Å². The Morgan fingerprint density at radius 1 is 1.04 bits per heavy atom. The second kappa shape index (κ2) is 9.52. The van der Waals surface area contributed by atoms with Crippen LogP contribution in [0.25, 0.3) is 0 Å². The number of nitrogens with one attached hydrogen (secondary N) is 2. The maximum atomic E-state index is 12.0. The molecule has 28 heavy (non-hydrogen) atoms. The summed E-state index contributed by atoms with van der Waals surface area (Å²) < 4.78 is 5.46. The van der Waals surface area contributed by atoms with Crippen LogP contribution >= 0.6 is 12.2 Å². The van der Waals surface area contributed by atoms with Gasteiger partial charge in [-0.2, -0.15) is 0 Å². The van der Waals surface area contributed by atoms with Gasteiger partial charge in [-0.05, 0) is 62.6 Å². The number of thiocarbonyl (C=S) groups is 1. The summed E-state index contributed by atoms with van der Waals surface area (Å²) in [6, 6.07) is 15.6. The number of benzene rings is 2. The van der Waals surface area contributed by atoms with E-state index in [1.165, 1.54) is 5.69 Å². The average Bonchev–Trinajstić information content (AvgIpc) is 2.69. The lowest BCUT2D eigenvalue weighted by Crippen LogP contribution is -2.44. The fourth-order valence-corrected chi connectivity index (χ4v) is 3.16. The van der Waals surface area contributed by atoms with E-state index in [2.05, 4.69) is 39.6 Å². The third-order valence-corrected chi connectivity index (χ3v) is 4.84. The number of amides is 1. The lowest BCUT2D eigenvalue weighted by molar-refractivity contribution is -0.121. The van der Waals surface area contributed by atoms with Crippen LogP contribution in [0.2, 0.25) is 0 Å². The van der Waals surface area contributed by atoms with E-state index in [4.69, 9.17) is 17.0 Å². The fraction of sp³-hybridized carbons (Fsp3) is 0.333. The standard InChI is InChI=1S/C21H26N4O2S/c1-16-3-9-19(10-4-16)27-15-20(26)23-21(28)22-17-5-7-18(8-6-17)25-13-11-24(2)12-14-25/h3-10H,11-15H2,1-2H3,(H2,22,23,26,28). The molecule has 0 bridgehead atoms. The van der Waals surface area contributed by atoms with E-state index in [1.54, 1.807) is 0 Å². The summed E-state index contributed by atoms with van der Waals surface area (Å²) in [4.78, 5) is 16.7. The number of aryl methyl sites for hydroxylation is 1. The molecule has 0 spiro atoms. The molecule has 2 aromatic carbocycles. The van der Waals surface area contributed by atoms with Crippen molar-refractivity contribution < 1.29 is 9.53 Å². The van der Waals surface area contributed by atoms with Crippen molar-refractivity contribution in [3.05, 3.63) is 54.1 Å². The molecule has 1 amide bonds. The number of hydrogen-bond donors (Lipinski definition) is 2. The molecule has 0 saturated carbocycles. The Morgan fingerprint density at radius 2 is 1.68 bits per heavy atom. The Balaban J connectivity index is 1.43. The van der Waals surface area contributed by atoms with E-state index in [9.17, 15) is 4.79 Å². The monoisotopic (exact) mass is 398 g/mol. The van der Waals surface area contributed by atoms with Gasteiger partial charge in [0.1, 0.15) is 5.75 Å². The van der Waals surface area contributed by atoms with Crippen molar-refractivity contribution in [1.82, 2.24) is 10.2 Å². The molecular weight excluding hydrogens is 372 g/mol. The lowest BCUT2D eigenvalue weighted by Gasteiger charge is -2.34. The predicted octanol–water partition coefficient (Wildman–Crippen LogP) is 2.64. The summed E-state index contributed by atoms with van der Waals surface area (Å²) in [6.07, 6.45) is 0. The first-order chi connectivity index (χ1) is 13.5. The maximum absolute atomic E-state index is 12.0. The number of likely N-dealkylation sites (N-methyl/N-ethyl adjacent to an activating group) is 1. The molecule has 3 rings (SSSR count). The Morgan fingerprint density at radius 3 is 2.32 bits per heavy atom. The van der Waals surface area contributed by atoms with Gasteiger partial charge in [-0.3, -0.25) is 10.1 Å². The van der Waals surface area contributed by atoms with E-state index in [-0.39, 0.29) is 17.6 Å². The molecule has 6 nitrogen and oxygen atoms in total. The minimum absolute atomic E-state index is 0.0901. The molecule has 1 aliphatic rings. The first-order valence-electron chi connectivity index (χ1n) is 9.33. The number of piperazine rings is 1. The van der Waals surface area contributed by atoms with Gasteiger partial charge in [-0.25, -0.2) is 0 Å². The Labute approximate surface area is 171 Å². The van der Waals surface area contributed by atoms with Gasteiger partial charge in [0.25, 0.3) is 5.91 Å². The summed E-state index contributed by atoms with van der Waals surface area (Å²) >= 11 is 5.22. The van der Waals surface area contributed by atoms with Crippen molar-refractivity contribution >= 4 is 34.6 Å². The lowest BCUT2D eigenvalue weighted by atomic mass is 10.2. The summed E-state index contributed by atoms with van der Waals surface area (Å²) in [5.41, 5.74) is 3.17. The zero-order valence-electron chi connectivity index (χ0n) is 16.3. The highest BCUT2D eigenvalue weighted by Gasteiger charge is 2.14. The Bertz CT molecular complexity index is 800. The zero-order valence-corrected chi connectivity index (χ0v) is 17.1. The third kappa shape index (κ3) is 5.94. The van der Waals surface area contributed by atoms with E-state index in [1.807, 2.05) is 43.3 Å². The molecule has 0 radical (unpaired) electrons. The van der Waals surface area contributed by atoms with Crippen molar-refractivity contribution in [1.29, 1.82) is 0 Å². The Kier molecular flexibility index (Phi) is 6.84. The topological polar surface area (TPSA) is 56.8 Å². The molecule has 1 saturated heterocycles. The van der Waals surface area contributed by atoms with Crippen molar-refractivity contribution in [2.45, 2.75) is 6.92 Å². The van der Waals surface area contributed by atoms with Crippen LogP contribution in [0, 0.1) is 6.92 Å². The number of ether oxygens (including phenoxy) is 1. The van der Waals surface area contributed by atoms with E-state index in [0.29, 0.717) is 5.75 Å². The van der Waals surface area contributed by atoms with Gasteiger partial charge in [-0.1, -0.05) is 17.7 Å².